The molecule has 1 unspecified atom stereocenters. The summed E-state index contributed by atoms with van der Waals surface area (Å²) in [6, 6.07) is 7.31. The number of amides is 3. The van der Waals surface area contributed by atoms with Crippen LogP contribution in [0.15, 0.2) is 40.9 Å². The first-order valence-electron chi connectivity index (χ1n) is 12.2. The number of benzene rings is 1. The Kier molecular flexibility index (Phi) is 10.2. The standard InChI is InChI=1S/C26H34N4O9/c1-26(15-38-26)22(31)17(11-16-9-7-6-8-10-16)27-23(32)18(13-35-3)28-24(33)19(14-36-4)30(2)25(34)20-12-21(37-5)29-39-20/h6-10,12,17-19H,11,13-15H2,1-5H3,(H,27,32)(H,28,33)/t17-,18-,19-,26?/m0/s1. The fourth-order valence-corrected chi connectivity index (χ4v) is 3.86. The summed E-state index contributed by atoms with van der Waals surface area (Å²) in [6.45, 7) is 1.57. The van der Waals surface area contributed by atoms with Crippen LogP contribution in [0.3, 0.4) is 0 Å². The van der Waals surface area contributed by atoms with Crippen molar-refractivity contribution >= 4 is 23.5 Å². The molecular formula is C26H34N4O9. The van der Waals surface area contributed by atoms with E-state index < -0.39 is 41.4 Å². The third-order valence-corrected chi connectivity index (χ3v) is 6.30. The molecule has 1 aliphatic heterocycles. The summed E-state index contributed by atoms with van der Waals surface area (Å²) < 4.78 is 25.5. The Bertz CT molecular complexity index is 1150. The molecule has 1 aromatic heterocycles. The van der Waals surface area contributed by atoms with Crippen molar-refractivity contribution in [2.45, 2.75) is 37.1 Å². The molecule has 212 valence electrons. The number of hydrogen-bond donors (Lipinski definition) is 2. The first-order chi connectivity index (χ1) is 18.6. The van der Waals surface area contributed by atoms with E-state index in [0.717, 1.165) is 10.5 Å². The van der Waals surface area contributed by atoms with Gasteiger partial charge in [0.05, 0.1) is 39.0 Å². The number of nitrogens with one attached hydrogen (secondary N) is 2. The number of carbonyl (C=O) groups is 4. The summed E-state index contributed by atoms with van der Waals surface area (Å²) in [5, 5.41) is 8.95. The molecular weight excluding hydrogens is 512 g/mol. The number of ether oxygens (including phenoxy) is 4. The summed E-state index contributed by atoms with van der Waals surface area (Å²) in [5.41, 5.74) is -0.125. The number of epoxide rings is 1. The summed E-state index contributed by atoms with van der Waals surface area (Å²) >= 11 is 0. The van der Waals surface area contributed by atoms with E-state index in [1.54, 1.807) is 6.92 Å². The normalized spacial score (nSPS) is 18.4. The van der Waals surface area contributed by atoms with Crippen molar-refractivity contribution in [2.75, 3.05) is 48.2 Å². The Labute approximate surface area is 226 Å². The minimum atomic E-state index is -1.17. The van der Waals surface area contributed by atoms with Crippen LogP contribution in [-0.2, 0) is 35.0 Å². The molecule has 1 saturated heterocycles. The van der Waals surface area contributed by atoms with E-state index in [-0.39, 0.29) is 43.7 Å². The predicted molar refractivity (Wildman–Crippen MR) is 136 cm³/mol. The maximum absolute atomic E-state index is 13.3. The van der Waals surface area contributed by atoms with Crippen LogP contribution in [0.4, 0.5) is 0 Å². The average Bonchev–Trinajstić information content (AvgIpc) is 3.50. The molecule has 0 saturated carbocycles. The van der Waals surface area contributed by atoms with Crippen molar-refractivity contribution in [1.29, 1.82) is 0 Å². The quantitative estimate of drug-likeness (QED) is 0.291. The van der Waals surface area contributed by atoms with E-state index in [1.165, 1.54) is 34.4 Å². The second-order valence-corrected chi connectivity index (χ2v) is 9.27. The van der Waals surface area contributed by atoms with Gasteiger partial charge in [0.2, 0.25) is 17.6 Å². The van der Waals surface area contributed by atoms with Gasteiger partial charge in [-0.05, 0) is 24.1 Å². The number of ketones is 1. The lowest BCUT2D eigenvalue weighted by Gasteiger charge is -2.28. The molecule has 0 spiro atoms. The molecule has 39 heavy (non-hydrogen) atoms. The smallest absolute Gasteiger partial charge is 0.293 e. The van der Waals surface area contributed by atoms with Crippen LogP contribution in [0.25, 0.3) is 0 Å². The highest BCUT2D eigenvalue weighted by Gasteiger charge is 2.50. The lowest BCUT2D eigenvalue weighted by molar-refractivity contribution is -0.135. The molecule has 1 fully saturated rings. The fraction of sp³-hybridized carbons (Fsp3) is 0.500. The monoisotopic (exact) mass is 546 g/mol. The van der Waals surface area contributed by atoms with Gasteiger partial charge in [-0.2, -0.15) is 0 Å². The van der Waals surface area contributed by atoms with Crippen LogP contribution in [0.1, 0.15) is 23.0 Å². The molecule has 13 nitrogen and oxygen atoms in total. The van der Waals surface area contributed by atoms with Crippen molar-refractivity contribution in [3.05, 3.63) is 47.7 Å². The van der Waals surface area contributed by atoms with Crippen molar-refractivity contribution in [2.24, 2.45) is 0 Å². The van der Waals surface area contributed by atoms with E-state index in [4.69, 9.17) is 23.5 Å². The van der Waals surface area contributed by atoms with Crippen LogP contribution < -0.4 is 15.4 Å². The zero-order valence-corrected chi connectivity index (χ0v) is 22.6. The van der Waals surface area contributed by atoms with Gasteiger partial charge in [0.25, 0.3) is 11.8 Å². The average molecular weight is 547 g/mol. The zero-order chi connectivity index (χ0) is 28.6. The second kappa shape index (κ2) is 13.3. The summed E-state index contributed by atoms with van der Waals surface area (Å²) in [7, 11) is 5.50. The Hall–Kier alpha value is -3.81. The number of Topliss-reactive ketones (excluding diaryl/α,β-unsaturated/α-hetero) is 1. The van der Waals surface area contributed by atoms with Crippen LogP contribution in [0, 0.1) is 0 Å². The topological polar surface area (TPSA) is 162 Å². The van der Waals surface area contributed by atoms with E-state index in [9.17, 15) is 19.2 Å². The minimum Gasteiger partial charge on any atom is -0.479 e. The molecule has 0 aliphatic carbocycles. The molecule has 1 aromatic carbocycles. The Balaban J connectivity index is 1.74. The highest BCUT2D eigenvalue weighted by molar-refractivity contribution is 5.99. The van der Waals surface area contributed by atoms with Gasteiger partial charge in [-0.25, -0.2) is 0 Å². The first kappa shape index (κ1) is 29.7. The third-order valence-electron chi connectivity index (χ3n) is 6.30. The van der Waals surface area contributed by atoms with E-state index >= 15 is 0 Å². The first-order valence-corrected chi connectivity index (χ1v) is 12.2. The number of carbonyl (C=O) groups excluding carboxylic acids is 4. The minimum absolute atomic E-state index is 0.0985. The number of rotatable bonds is 15. The van der Waals surface area contributed by atoms with Crippen molar-refractivity contribution in [3.63, 3.8) is 0 Å². The van der Waals surface area contributed by atoms with E-state index in [0.29, 0.717) is 0 Å². The number of hydrogen-bond acceptors (Lipinski definition) is 10. The van der Waals surface area contributed by atoms with Gasteiger partial charge in [0.1, 0.15) is 17.7 Å². The SMILES string of the molecule is COC[C@H](NC(=O)[C@H](COC)N(C)C(=O)c1cc(OC)no1)C(=O)N[C@@H](Cc1ccccc1)C(=O)C1(C)CO1. The third kappa shape index (κ3) is 7.62. The van der Waals surface area contributed by atoms with Crippen molar-refractivity contribution < 1.29 is 42.6 Å². The van der Waals surface area contributed by atoms with Crippen LogP contribution in [0.2, 0.25) is 0 Å². The van der Waals surface area contributed by atoms with Gasteiger partial charge >= 0.3 is 0 Å². The lowest BCUT2D eigenvalue weighted by atomic mass is 9.94. The molecule has 0 bridgehead atoms. The Morgan fingerprint density at radius 2 is 1.67 bits per heavy atom. The van der Waals surface area contributed by atoms with Gasteiger partial charge in [-0.15, -0.1) is 0 Å². The maximum Gasteiger partial charge on any atom is 0.293 e. The molecule has 2 aromatic rings. The Morgan fingerprint density at radius 3 is 2.23 bits per heavy atom. The largest absolute Gasteiger partial charge is 0.479 e. The van der Waals surface area contributed by atoms with Crippen LogP contribution in [-0.4, -0.2) is 105 Å². The number of aromatic nitrogens is 1. The summed E-state index contributed by atoms with van der Waals surface area (Å²) in [6.07, 6.45) is 0.238. The molecule has 2 heterocycles. The van der Waals surface area contributed by atoms with Crippen molar-refractivity contribution in [1.82, 2.24) is 20.7 Å². The highest BCUT2D eigenvalue weighted by atomic mass is 16.6. The number of nitrogens with zero attached hydrogens (tertiary/aromatic N) is 2. The van der Waals surface area contributed by atoms with Gasteiger partial charge in [0.15, 0.2) is 5.78 Å². The van der Waals surface area contributed by atoms with Crippen LogP contribution >= 0.6 is 0 Å². The molecule has 1 aliphatic rings. The van der Waals surface area contributed by atoms with Crippen molar-refractivity contribution in [3.8, 4) is 5.88 Å². The Morgan fingerprint density at radius 1 is 1.03 bits per heavy atom. The van der Waals surface area contributed by atoms with Gasteiger partial charge < -0.3 is 39.0 Å². The molecule has 2 N–H and O–H groups in total. The second-order valence-electron chi connectivity index (χ2n) is 9.27. The van der Waals surface area contributed by atoms with Crippen LogP contribution in [0.5, 0.6) is 5.88 Å². The zero-order valence-electron chi connectivity index (χ0n) is 22.6. The maximum atomic E-state index is 13.3. The van der Waals surface area contributed by atoms with Gasteiger partial charge in [0, 0.05) is 21.3 Å². The number of likely N-dealkylation sites (N-methyl/N-ethyl adjacent to an activating group) is 1. The molecule has 0 radical (unpaired) electrons. The summed E-state index contributed by atoms with van der Waals surface area (Å²) in [4.78, 5) is 53.7. The number of methoxy groups -OCH3 is 3. The molecule has 13 heteroatoms. The lowest BCUT2D eigenvalue weighted by Crippen LogP contribution is -2.59. The van der Waals surface area contributed by atoms with Gasteiger partial charge in [-0.3, -0.25) is 19.2 Å². The highest BCUT2D eigenvalue weighted by Crippen LogP contribution is 2.29. The van der Waals surface area contributed by atoms with E-state index in [1.807, 2.05) is 30.3 Å². The predicted octanol–water partition coefficient (Wildman–Crippen LogP) is -0.0131. The summed E-state index contributed by atoms with van der Waals surface area (Å²) in [5.74, 6) is -2.28. The molecule has 4 atom stereocenters. The van der Waals surface area contributed by atoms with Gasteiger partial charge in [-0.1, -0.05) is 30.3 Å². The fourth-order valence-electron chi connectivity index (χ4n) is 3.86. The molecule has 3 amide bonds. The van der Waals surface area contributed by atoms with E-state index in [2.05, 4.69) is 15.8 Å². The molecule has 3 rings (SSSR count).